The summed E-state index contributed by atoms with van der Waals surface area (Å²) >= 11 is 0. The van der Waals surface area contributed by atoms with Crippen LogP contribution < -0.4 is 5.32 Å². The number of ether oxygens (including phenoxy) is 1. The van der Waals surface area contributed by atoms with Gasteiger partial charge in [0, 0.05) is 13.2 Å². The molecule has 0 saturated carbocycles. The van der Waals surface area contributed by atoms with Crippen molar-refractivity contribution in [3.05, 3.63) is 0 Å². The lowest BCUT2D eigenvalue weighted by molar-refractivity contribution is -0.142. The molecule has 0 aliphatic carbocycles. The van der Waals surface area contributed by atoms with E-state index in [1.807, 2.05) is 0 Å². The van der Waals surface area contributed by atoms with E-state index < -0.39 is 12.0 Å². The van der Waals surface area contributed by atoms with Crippen molar-refractivity contribution in [1.82, 2.24) is 10.2 Å². The van der Waals surface area contributed by atoms with Gasteiger partial charge in [-0.05, 0) is 26.8 Å². The summed E-state index contributed by atoms with van der Waals surface area (Å²) in [5.41, 5.74) is 0. The molecule has 6 heteroatoms. The van der Waals surface area contributed by atoms with E-state index >= 15 is 0 Å². The Balaban J connectivity index is 2.21. The first-order chi connectivity index (χ1) is 8.00. The van der Waals surface area contributed by atoms with E-state index in [1.54, 1.807) is 14.0 Å². The van der Waals surface area contributed by atoms with E-state index in [1.165, 1.54) is 4.90 Å². The van der Waals surface area contributed by atoms with E-state index in [0.29, 0.717) is 6.54 Å². The summed E-state index contributed by atoms with van der Waals surface area (Å²) in [6, 6.07) is -0.663. The van der Waals surface area contributed by atoms with Gasteiger partial charge in [-0.25, -0.2) is 0 Å². The lowest BCUT2D eigenvalue weighted by Gasteiger charge is -2.20. The molecule has 0 aromatic heterocycles. The predicted octanol–water partition coefficient (Wildman–Crippen LogP) is -0.313. The lowest BCUT2D eigenvalue weighted by Crippen LogP contribution is -2.44. The number of amides is 1. The van der Waals surface area contributed by atoms with Crippen molar-refractivity contribution in [1.29, 1.82) is 0 Å². The Hall–Kier alpha value is -1.14. The average molecular weight is 244 g/mol. The monoisotopic (exact) mass is 244 g/mol. The molecule has 2 N–H and O–H groups in total. The van der Waals surface area contributed by atoms with E-state index in [-0.39, 0.29) is 18.6 Å². The molecule has 0 spiro atoms. The largest absolute Gasteiger partial charge is 0.480 e. The molecule has 2 unspecified atom stereocenters. The van der Waals surface area contributed by atoms with Crippen molar-refractivity contribution >= 4 is 11.9 Å². The first kappa shape index (κ1) is 13.9. The van der Waals surface area contributed by atoms with Gasteiger partial charge in [-0.1, -0.05) is 0 Å². The normalized spacial score (nSPS) is 21.5. The van der Waals surface area contributed by atoms with E-state index in [9.17, 15) is 9.59 Å². The molecule has 6 nitrogen and oxygen atoms in total. The van der Waals surface area contributed by atoms with Gasteiger partial charge >= 0.3 is 5.97 Å². The molecule has 1 amide bonds. The number of carbonyl (C=O) groups is 2. The highest BCUT2D eigenvalue weighted by Gasteiger charge is 2.20. The number of carboxylic acid groups (broad SMARTS) is 1. The second-order valence-electron chi connectivity index (χ2n) is 4.37. The fourth-order valence-corrected chi connectivity index (χ4v) is 1.64. The van der Waals surface area contributed by atoms with Gasteiger partial charge in [-0.15, -0.1) is 0 Å². The summed E-state index contributed by atoms with van der Waals surface area (Å²) in [7, 11) is 1.62. The summed E-state index contributed by atoms with van der Waals surface area (Å²) in [5.74, 6) is -1.10. The Morgan fingerprint density at radius 2 is 2.29 bits per heavy atom. The predicted molar refractivity (Wildman–Crippen MR) is 61.7 cm³/mol. The van der Waals surface area contributed by atoms with Gasteiger partial charge in [-0.3, -0.25) is 14.5 Å². The van der Waals surface area contributed by atoms with Crippen LogP contribution >= 0.6 is 0 Å². The van der Waals surface area contributed by atoms with Crippen LogP contribution in [-0.4, -0.2) is 60.8 Å². The molecule has 0 aromatic rings. The third kappa shape index (κ3) is 4.70. The Morgan fingerprint density at radius 1 is 1.59 bits per heavy atom. The highest BCUT2D eigenvalue weighted by molar-refractivity contribution is 5.79. The van der Waals surface area contributed by atoms with Gasteiger partial charge in [0.05, 0.1) is 12.6 Å². The van der Waals surface area contributed by atoms with Gasteiger partial charge in [0.15, 0.2) is 0 Å². The molecule has 2 atom stereocenters. The van der Waals surface area contributed by atoms with Crippen molar-refractivity contribution in [3.63, 3.8) is 0 Å². The van der Waals surface area contributed by atoms with Crippen LogP contribution in [0, 0.1) is 0 Å². The zero-order valence-corrected chi connectivity index (χ0v) is 10.3. The van der Waals surface area contributed by atoms with Crippen LogP contribution in [0.25, 0.3) is 0 Å². The quantitative estimate of drug-likeness (QED) is 0.670. The Morgan fingerprint density at radius 3 is 2.82 bits per heavy atom. The molecule has 1 aliphatic rings. The third-order valence-electron chi connectivity index (χ3n) is 2.96. The Bertz CT molecular complexity index is 277. The molecule has 0 radical (unpaired) electrons. The average Bonchev–Trinajstić information content (AvgIpc) is 2.77. The Labute approximate surface area is 101 Å². The number of nitrogens with one attached hydrogen (secondary N) is 1. The fraction of sp³-hybridized carbons (Fsp3) is 0.818. The molecular formula is C11H20N2O4. The van der Waals surface area contributed by atoms with E-state index in [4.69, 9.17) is 9.84 Å². The van der Waals surface area contributed by atoms with Gasteiger partial charge in [-0.2, -0.15) is 0 Å². The second kappa shape index (κ2) is 6.56. The van der Waals surface area contributed by atoms with E-state index in [0.717, 1.165) is 19.4 Å². The zero-order chi connectivity index (χ0) is 12.8. The minimum Gasteiger partial charge on any atom is -0.480 e. The van der Waals surface area contributed by atoms with Crippen LogP contribution in [0.1, 0.15) is 19.8 Å². The summed E-state index contributed by atoms with van der Waals surface area (Å²) in [6.45, 7) is 2.90. The van der Waals surface area contributed by atoms with Crippen molar-refractivity contribution in [2.75, 3.05) is 26.7 Å². The summed E-state index contributed by atoms with van der Waals surface area (Å²) in [6.07, 6.45) is 2.12. The maximum Gasteiger partial charge on any atom is 0.320 e. The van der Waals surface area contributed by atoms with Crippen molar-refractivity contribution < 1.29 is 19.4 Å². The van der Waals surface area contributed by atoms with Crippen LogP contribution in [0.3, 0.4) is 0 Å². The maximum absolute atomic E-state index is 11.5. The second-order valence-corrected chi connectivity index (χ2v) is 4.37. The number of hydrogen-bond acceptors (Lipinski definition) is 4. The SMILES string of the molecule is CC(C(=O)O)N(C)CC(=O)NCC1CCCO1. The van der Waals surface area contributed by atoms with Crippen molar-refractivity contribution in [2.24, 2.45) is 0 Å². The van der Waals surface area contributed by atoms with Gasteiger partial charge in [0.2, 0.25) is 5.91 Å². The van der Waals surface area contributed by atoms with Crippen molar-refractivity contribution in [2.45, 2.75) is 31.9 Å². The standard InChI is InChI=1S/C11H20N2O4/c1-8(11(15)16)13(2)7-10(14)12-6-9-4-3-5-17-9/h8-9H,3-7H2,1-2H3,(H,12,14)(H,15,16). The molecule has 1 fully saturated rings. The summed E-state index contributed by atoms with van der Waals surface area (Å²) in [5, 5.41) is 11.5. The van der Waals surface area contributed by atoms with Crippen molar-refractivity contribution in [3.8, 4) is 0 Å². The molecule has 1 aliphatic heterocycles. The molecule has 0 bridgehead atoms. The molecule has 98 valence electrons. The maximum atomic E-state index is 11.5. The molecular weight excluding hydrogens is 224 g/mol. The number of likely N-dealkylation sites (N-methyl/N-ethyl adjacent to an activating group) is 1. The minimum atomic E-state index is -0.931. The van der Waals surface area contributed by atoms with E-state index in [2.05, 4.69) is 5.32 Å². The molecule has 17 heavy (non-hydrogen) atoms. The van der Waals surface area contributed by atoms with Crippen LogP contribution in [0.5, 0.6) is 0 Å². The number of carbonyl (C=O) groups excluding carboxylic acids is 1. The number of hydrogen-bond donors (Lipinski definition) is 2. The highest BCUT2D eigenvalue weighted by Crippen LogP contribution is 2.10. The molecule has 1 heterocycles. The lowest BCUT2D eigenvalue weighted by atomic mass is 10.2. The summed E-state index contributed by atoms with van der Waals surface area (Å²) in [4.78, 5) is 23.7. The highest BCUT2D eigenvalue weighted by atomic mass is 16.5. The number of nitrogens with zero attached hydrogens (tertiary/aromatic N) is 1. The molecule has 1 saturated heterocycles. The fourth-order valence-electron chi connectivity index (χ4n) is 1.64. The molecule has 1 rings (SSSR count). The number of carboxylic acids is 1. The van der Waals surface area contributed by atoms with Crippen LogP contribution in [0.2, 0.25) is 0 Å². The first-order valence-corrected chi connectivity index (χ1v) is 5.82. The van der Waals surface area contributed by atoms with Gasteiger partial charge < -0.3 is 15.2 Å². The van der Waals surface area contributed by atoms with Gasteiger partial charge in [0.25, 0.3) is 0 Å². The topological polar surface area (TPSA) is 78.9 Å². The smallest absolute Gasteiger partial charge is 0.320 e. The third-order valence-corrected chi connectivity index (χ3v) is 2.96. The van der Waals surface area contributed by atoms with Crippen LogP contribution in [0.4, 0.5) is 0 Å². The van der Waals surface area contributed by atoms with Crippen LogP contribution in [0.15, 0.2) is 0 Å². The van der Waals surface area contributed by atoms with Gasteiger partial charge in [0.1, 0.15) is 6.04 Å². The molecule has 0 aromatic carbocycles. The Kier molecular flexibility index (Phi) is 5.37. The zero-order valence-electron chi connectivity index (χ0n) is 10.3. The first-order valence-electron chi connectivity index (χ1n) is 5.82. The summed E-state index contributed by atoms with van der Waals surface area (Å²) < 4.78 is 5.37. The number of aliphatic carboxylic acids is 1. The van der Waals surface area contributed by atoms with Crippen LogP contribution in [-0.2, 0) is 14.3 Å². The number of rotatable bonds is 6. The minimum absolute atomic E-state index is 0.0835.